The summed E-state index contributed by atoms with van der Waals surface area (Å²) in [6.45, 7) is 1.35. The van der Waals surface area contributed by atoms with Crippen molar-refractivity contribution in [3.8, 4) is 0 Å². The van der Waals surface area contributed by atoms with Gasteiger partial charge in [-0.2, -0.15) is 4.31 Å². The minimum atomic E-state index is -3.67. The molecule has 19 heavy (non-hydrogen) atoms. The van der Waals surface area contributed by atoms with E-state index in [0.29, 0.717) is 24.1 Å². The van der Waals surface area contributed by atoms with Crippen LogP contribution in [-0.4, -0.2) is 32.4 Å². The molecule has 0 bridgehead atoms. The number of hydrogen-bond donors (Lipinski definition) is 1. The summed E-state index contributed by atoms with van der Waals surface area (Å²) in [6.07, 6.45) is 0.765. The molecule has 1 aromatic rings. The Morgan fingerprint density at radius 2 is 1.95 bits per heavy atom. The van der Waals surface area contributed by atoms with Gasteiger partial charge in [-0.05, 0) is 31.0 Å². The van der Waals surface area contributed by atoms with Crippen LogP contribution < -0.4 is 5.73 Å². The van der Waals surface area contributed by atoms with Crippen molar-refractivity contribution in [2.75, 3.05) is 19.6 Å². The van der Waals surface area contributed by atoms with Crippen LogP contribution in [0.15, 0.2) is 21.5 Å². The quantitative estimate of drug-likeness (QED) is 0.867. The SMILES string of the molecule is NC[C@@H]1CCN(S(=O)(=O)c2c(Cl)cc(Br)cc2Cl)C1. The fourth-order valence-corrected chi connectivity index (χ4v) is 5.53. The molecule has 8 heteroatoms. The summed E-state index contributed by atoms with van der Waals surface area (Å²) >= 11 is 15.3. The van der Waals surface area contributed by atoms with Gasteiger partial charge in [-0.3, -0.25) is 0 Å². The van der Waals surface area contributed by atoms with Crippen molar-refractivity contribution in [1.82, 2.24) is 4.31 Å². The molecule has 106 valence electrons. The van der Waals surface area contributed by atoms with E-state index in [1.165, 1.54) is 16.4 Å². The zero-order valence-electron chi connectivity index (χ0n) is 9.94. The summed E-state index contributed by atoms with van der Waals surface area (Å²) in [6, 6.07) is 3.05. The number of halogens is 3. The van der Waals surface area contributed by atoms with Gasteiger partial charge in [-0.15, -0.1) is 0 Å². The maximum absolute atomic E-state index is 12.5. The molecule has 1 heterocycles. The molecule has 1 aromatic carbocycles. The summed E-state index contributed by atoms with van der Waals surface area (Å²) in [5, 5.41) is 0.242. The monoisotopic (exact) mass is 386 g/mol. The van der Waals surface area contributed by atoms with E-state index in [-0.39, 0.29) is 20.9 Å². The molecule has 0 aromatic heterocycles. The highest BCUT2D eigenvalue weighted by atomic mass is 79.9. The van der Waals surface area contributed by atoms with Crippen molar-refractivity contribution >= 4 is 49.2 Å². The van der Waals surface area contributed by atoms with Gasteiger partial charge in [0.05, 0.1) is 10.0 Å². The average Bonchev–Trinajstić information content (AvgIpc) is 2.75. The number of rotatable bonds is 3. The van der Waals surface area contributed by atoms with Crippen LogP contribution in [0.25, 0.3) is 0 Å². The maximum atomic E-state index is 12.5. The van der Waals surface area contributed by atoms with Crippen LogP contribution in [0.5, 0.6) is 0 Å². The van der Waals surface area contributed by atoms with Gasteiger partial charge in [-0.25, -0.2) is 8.42 Å². The van der Waals surface area contributed by atoms with Crippen molar-refractivity contribution in [3.05, 3.63) is 26.7 Å². The molecule has 1 aliphatic heterocycles. The number of nitrogens with two attached hydrogens (primary N) is 1. The molecule has 0 radical (unpaired) electrons. The van der Waals surface area contributed by atoms with E-state index in [9.17, 15) is 8.42 Å². The normalized spacial score (nSPS) is 20.9. The minimum absolute atomic E-state index is 0.0308. The molecule has 2 rings (SSSR count). The van der Waals surface area contributed by atoms with Crippen molar-refractivity contribution in [2.45, 2.75) is 11.3 Å². The summed E-state index contributed by atoms with van der Waals surface area (Å²) in [7, 11) is -3.67. The molecule has 0 saturated carbocycles. The molecule has 2 N–H and O–H groups in total. The molecular formula is C11H13BrCl2N2O2S. The van der Waals surface area contributed by atoms with E-state index in [4.69, 9.17) is 28.9 Å². The van der Waals surface area contributed by atoms with Gasteiger partial charge < -0.3 is 5.73 Å². The standard InChI is InChI=1S/C11H13BrCl2N2O2S/c12-8-3-9(13)11(10(14)4-8)19(17,18)16-2-1-7(5-15)6-16/h3-4,7H,1-2,5-6,15H2/t7-/m0/s1. The predicted octanol–water partition coefficient (Wildman–Crippen LogP) is 2.73. The molecule has 1 saturated heterocycles. The van der Waals surface area contributed by atoms with Gasteiger partial charge >= 0.3 is 0 Å². The highest BCUT2D eigenvalue weighted by Crippen LogP contribution is 2.36. The first-order chi connectivity index (χ1) is 8.86. The van der Waals surface area contributed by atoms with Gasteiger partial charge in [0.25, 0.3) is 0 Å². The summed E-state index contributed by atoms with van der Waals surface area (Å²) in [4.78, 5) is -0.0308. The Balaban J connectivity index is 2.41. The third-order valence-corrected chi connectivity index (χ3v) is 6.39. The third kappa shape index (κ3) is 3.09. The fraction of sp³-hybridized carbons (Fsp3) is 0.455. The smallest absolute Gasteiger partial charge is 0.246 e. The Morgan fingerprint density at radius 1 is 1.37 bits per heavy atom. The van der Waals surface area contributed by atoms with E-state index in [2.05, 4.69) is 15.9 Å². The van der Waals surface area contributed by atoms with Crippen LogP contribution in [0.2, 0.25) is 10.0 Å². The zero-order valence-corrected chi connectivity index (χ0v) is 13.9. The summed E-state index contributed by atoms with van der Waals surface area (Å²) < 4.78 is 27.1. The van der Waals surface area contributed by atoms with E-state index in [1.807, 2.05) is 0 Å². The average molecular weight is 388 g/mol. The molecule has 0 unspecified atom stereocenters. The van der Waals surface area contributed by atoms with Crippen LogP contribution >= 0.6 is 39.1 Å². The van der Waals surface area contributed by atoms with Crippen LogP contribution in [0, 0.1) is 5.92 Å². The first-order valence-electron chi connectivity index (χ1n) is 5.71. The van der Waals surface area contributed by atoms with Crippen LogP contribution in [-0.2, 0) is 10.0 Å². The highest BCUT2D eigenvalue weighted by Gasteiger charge is 2.34. The van der Waals surface area contributed by atoms with Crippen LogP contribution in [0.4, 0.5) is 0 Å². The first kappa shape index (κ1) is 15.5. The van der Waals surface area contributed by atoms with Gasteiger partial charge in [0.15, 0.2) is 0 Å². The second-order valence-electron chi connectivity index (χ2n) is 4.45. The first-order valence-corrected chi connectivity index (χ1v) is 8.70. The second-order valence-corrected chi connectivity index (χ2v) is 8.06. The van der Waals surface area contributed by atoms with E-state index in [1.54, 1.807) is 0 Å². The van der Waals surface area contributed by atoms with Gasteiger partial charge in [0.2, 0.25) is 10.0 Å². The lowest BCUT2D eigenvalue weighted by atomic mass is 10.1. The van der Waals surface area contributed by atoms with Gasteiger partial charge in [0.1, 0.15) is 4.90 Å². The van der Waals surface area contributed by atoms with E-state index >= 15 is 0 Å². The Hall–Kier alpha value is 0.150. The third-order valence-electron chi connectivity index (χ3n) is 3.14. The predicted molar refractivity (Wildman–Crippen MR) is 80.1 cm³/mol. The Morgan fingerprint density at radius 3 is 2.42 bits per heavy atom. The second kappa shape index (κ2) is 5.87. The molecular weight excluding hydrogens is 375 g/mol. The molecule has 1 atom stereocenters. The minimum Gasteiger partial charge on any atom is -0.330 e. The highest BCUT2D eigenvalue weighted by molar-refractivity contribution is 9.10. The molecule has 4 nitrogen and oxygen atoms in total. The molecule has 1 fully saturated rings. The largest absolute Gasteiger partial charge is 0.330 e. The number of hydrogen-bond acceptors (Lipinski definition) is 3. The number of sulfonamides is 1. The maximum Gasteiger partial charge on any atom is 0.246 e. The lowest BCUT2D eigenvalue weighted by Crippen LogP contribution is -2.30. The molecule has 1 aliphatic rings. The topological polar surface area (TPSA) is 63.4 Å². The fourth-order valence-electron chi connectivity index (χ4n) is 2.11. The van der Waals surface area contributed by atoms with Crippen molar-refractivity contribution in [3.63, 3.8) is 0 Å². The van der Waals surface area contributed by atoms with E-state index < -0.39 is 10.0 Å². The van der Waals surface area contributed by atoms with Crippen molar-refractivity contribution in [2.24, 2.45) is 11.7 Å². The van der Waals surface area contributed by atoms with Gasteiger partial charge in [-0.1, -0.05) is 39.1 Å². The lowest BCUT2D eigenvalue weighted by molar-refractivity contribution is 0.459. The van der Waals surface area contributed by atoms with Crippen LogP contribution in [0.1, 0.15) is 6.42 Å². The Labute approximate surface area is 131 Å². The summed E-state index contributed by atoms with van der Waals surface area (Å²) in [5.41, 5.74) is 5.58. The van der Waals surface area contributed by atoms with Crippen LogP contribution in [0.3, 0.4) is 0 Å². The van der Waals surface area contributed by atoms with Gasteiger partial charge in [0, 0.05) is 17.6 Å². The van der Waals surface area contributed by atoms with Crippen molar-refractivity contribution in [1.29, 1.82) is 0 Å². The summed E-state index contributed by atoms with van der Waals surface area (Å²) in [5.74, 6) is 0.197. The molecule has 0 aliphatic carbocycles. The molecule has 0 amide bonds. The number of nitrogens with zero attached hydrogens (tertiary/aromatic N) is 1. The Bertz CT molecular complexity index is 571. The Kier molecular flexibility index (Phi) is 4.80. The van der Waals surface area contributed by atoms with Crippen molar-refractivity contribution < 1.29 is 8.42 Å². The molecule has 0 spiro atoms. The van der Waals surface area contributed by atoms with E-state index in [0.717, 1.165) is 6.42 Å². The zero-order chi connectivity index (χ0) is 14.2. The number of benzene rings is 1. The lowest BCUT2D eigenvalue weighted by Gasteiger charge is -2.18.